The van der Waals surface area contributed by atoms with E-state index in [2.05, 4.69) is 5.32 Å². The zero-order valence-corrected chi connectivity index (χ0v) is 16.6. The number of ether oxygens (including phenoxy) is 2. The molecule has 2 amide bonds. The summed E-state index contributed by atoms with van der Waals surface area (Å²) in [5.41, 5.74) is -1.23. The van der Waals surface area contributed by atoms with E-state index < -0.39 is 29.3 Å². The van der Waals surface area contributed by atoms with Crippen LogP contribution in [-0.4, -0.2) is 58.5 Å². The van der Waals surface area contributed by atoms with Crippen molar-refractivity contribution in [2.75, 3.05) is 13.1 Å². The lowest BCUT2D eigenvalue weighted by molar-refractivity contribution is -0.140. The van der Waals surface area contributed by atoms with Crippen molar-refractivity contribution in [3.8, 4) is 0 Å². The molecule has 150 valence electrons. The Hall–Kier alpha value is -1.99. The Balaban J connectivity index is 2.51. The van der Waals surface area contributed by atoms with E-state index in [-0.39, 0.29) is 12.0 Å². The highest BCUT2D eigenvalue weighted by Gasteiger charge is 2.31. The summed E-state index contributed by atoms with van der Waals surface area (Å²) in [5, 5.41) is 11.8. The number of rotatable bonds is 4. The van der Waals surface area contributed by atoms with E-state index in [9.17, 15) is 19.5 Å². The van der Waals surface area contributed by atoms with Crippen molar-refractivity contribution in [3.05, 3.63) is 0 Å². The minimum absolute atomic E-state index is 0.102. The minimum atomic E-state index is -1.09. The molecule has 1 fully saturated rings. The molecule has 8 heteroatoms. The van der Waals surface area contributed by atoms with Gasteiger partial charge in [0.15, 0.2) is 0 Å². The second kappa shape index (κ2) is 8.60. The Morgan fingerprint density at radius 3 is 1.96 bits per heavy atom. The Labute approximate surface area is 155 Å². The van der Waals surface area contributed by atoms with Crippen LogP contribution in [0.25, 0.3) is 0 Å². The van der Waals surface area contributed by atoms with Crippen LogP contribution in [-0.2, 0) is 14.3 Å². The smallest absolute Gasteiger partial charge is 0.410 e. The number of alkyl carbamates (subject to hydrolysis) is 1. The number of nitrogens with zero attached hydrogens (tertiary/aromatic N) is 1. The molecule has 26 heavy (non-hydrogen) atoms. The fourth-order valence-corrected chi connectivity index (χ4v) is 2.68. The molecule has 1 rings (SSSR count). The lowest BCUT2D eigenvalue weighted by Gasteiger charge is -2.34. The van der Waals surface area contributed by atoms with Gasteiger partial charge in [-0.15, -0.1) is 0 Å². The summed E-state index contributed by atoms with van der Waals surface area (Å²) in [6, 6.07) is -1.01. The Bertz CT molecular complexity index is 513. The number of nitrogens with one attached hydrogen (secondary N) is 1. The average molecular weight is 372 g/mol. The van der Waals surface area contributed by atoms with Gasteiger partial charge in [-0.2, -0.15) is 0 Å². The molecule has 1 atom stereocenters. The highest BCUT2D eigenvalue weighted by Crippen LogP contribution is 2.24. The summed E-state index contributed by atoms with van der Waals surface area (Å²) in [5.74, 6) is -0.991. The van der Waals surface area contributed by atoms with Gasteiger partial charge in [0.05, 0.1) is 0 Å². The first-order valence-electron chi connectivity index (χ1n) is 8.97. The van der Waals surface area contributed by atoms with Crippen LogP contribution >= 0.6 is 0 Å². The predicted molar refractivity (Wildman–Crippen MR) is 95.9 cm³/mol. The summed E-state index contributed by atoms with van der Waals surface area (Å²) < 4.78 is 10.5. The van der Waals surface area contributed by atoms with Gasteiger partial charge in [0.1, 0.15) is 17.2 Å². The highest BCUT2D eigenvalue weighted by atomic mass is 16.6. The fourth-order valence-electron chi connectivity index (χ4n) is 2.68. The number of carboxylic acids is 1. The van der Waals surface area contributed by atoms with E-state index in [0.29, 0.717) is 32.4 Å². The van der Waals surface area contributed by atoms with Gasteiger partial charge in [0.25, 0.3) is 0 Å². The van der Waals surface area contributed by atoms with Crippen molar-refractivity contribution in [3.63, 3.8) is 0 Å². The van der Waals surface area contributed by atoms with Crippen LogP contribution in [0.3, 0.4) is 0 Å². The number of amides is 2. The molecule has 1 saturated heterocycles. The van der Waals surface area contributed by atoms with Gasteiger partial charge in [-0.1, -0.05) is 0 Å². The van der Waals surface area contributed by atoms with E-state index in [1.165, 1.54) is 0 Å². The quantitative estimate of drug-likeness (QED) is 0.786. The SMILES string of the molecule is CC(C)(C)OC(=O)NC(CC1CCN(C(=O)OC(C)(C)C)CC1)C(=O)O. The summed E-state index contributed by atoms with van der Waals surface area (Å²) in [7, 11) is 0. The topological polar surface area (TPSA) is 105 Å². The standard InChI is InChI=1S/C18H32N2O6/c1-17(2,3)25-15(23)19-13(14(21)22)11-12-7-9-20(10-8-12)16(24)26-18(4,5)6/h12-13H,7-11H2,1-6H3,(H,19,23)(H,21,22). The van der Waals surface area contributed by atoms with Gasteiger partial charge in [-0.05, 0) is 66.7 Å². The van der Waals surface area contributed by atoms with Crippen LogP contribution in [0.2, 0.25) is 0 Å². The van der Waals surface area contributed by atoms with Gasteiger partial charge >= 0.3 is 18.2 Å². The van der Waals surface area contributed by atoms with Gasteiger partial charge in [0, 0.05) is 13.1 Å². The van der Waals surface area contributed by atoms with Crippen LogP contribution < -0.4 is 5.32 Å². The zero-order chi connectivity index (χ0) is 20.1. The molecule has 1 heterocycles. The van der Waals surface area contributed by atoms with Crippen molar-refractivity contribution in [1.29, 1.82) is 0 Å². The number of likely N-dealkylation sites (tertiary alicyclic amines) is 1. The zero-order valence-electron chi connectivity index (χ0n) is 16.6. The molecular weight excluding hydrogens is 340 g/mol. The molecule has 0 radical (unpaired) electrons. The van der Waals surface area contributed by atoms with E-state index in [1.807, 2.05) is 20.8 Å². The van der Waals surface area contributed by atoms with E-state index in [1.54, 1.807) is 25.7 Å². The van der Waals surface area contributed by atoms with Crippen LogP contribution in [0, 0.1) is 5.92 Å². The Kier molecular flexibility index (Phi) is 7.29. The molecular formula is C18H32N2O6. The average Bonchev–Trinajstić information content (AvgIpc) is 2.43. The molecule has 0 aromatic rings. The van der Waals surface area contributed by atoms with Gasteiger partial charge in [0.2, 0.25) is 0 Å². The number of carbonyl (C=O) groups excluding carboxylic acids is 2. The predicted octanol–water partition coefficient (Wildman–Crippen LogP) is 3.00. The summed E-state index contributed by atoms with van der Waals surface area (Å²) in [4.78, 5) is 37.0. The molecule has 1 unspecified atom stereocenters. The Morgan fingerprint density at radius 2 is 1.54 bits per heavy atom. The van der Waals surface area contributed by atoms with Crippen LogP contribution in [0.5, 0.6) is 0 Å². The summed E-state index contributed by atoms with van der Waals surface area (Å²) >= 11 is 0. The molecule has 0 bridgehead atoms. The summed E-state index contributed by atoms with van der Waals surface area (Å²) in [6.45, 7) is 11.6. The molecule has 0 aromatic carbocycles. The van der Waals surface area contributed by atoms with Crippen LogP contribution in [0.1, 0.15) is 60.8 Å². The molecule has 0 spiro atoms. The number of carbonyl (C=O) groups is 3. The van der Waals surface area contributed by atoms with E-state index in [0.717, 1.165) is 0 Å². The molecule has 1 aliphatic heterocycles. The lowest BCUT2D eigenvalue weighted by atomic mass is 9.90. The number of piperidine rings is 1. The molecule has 0 aliphatic carbocycles. The summed E-state index contributed by atoms with van der Waals surface area (Å²) in [6.07, 6.45) is 0.545. The van der Waals surface area contributed by atoms with Crippen LogP contribution in [0.4, 0.5) is 9.59 Å². The number of hydrogen-bond acceptors (Lipinski definition) is 5. The van der Waals surface area contributed by atoms with Gasteiger partial charge < -0.3 is 24.8 Å². The van der Waals surface area contributed by atoms with E-state index >= 15 is 0 Å². The fraction of sp³-hybridized carbons (Fsp3) is 0.833. The third-order valence-corrected chi connectivity index (χ3v) is 3.82. The molecule has 1 aliphatic rings. The van der Waals surface area contributed by atoms with Crippen molar-refractivity contribution >= 4 is 18.2 Å². The number of aliphatic carboxylic acids is 1. The molecule has 8 nitrogen and oxygen atoms in total. The first kappa shape index (κ1) is 22.1. The first-order valence-corrected chi connectivity index (χ1v) is 8.97. The third-order valence-electron chi connectivity index (χ3n) is 3.82. The normalized spacial score (nSPS) is 17.4. The third kappa shape index (κ3) is 8.40. The van der Waals surface area contributed by atoms with Gasteiger partial charge in [-0.3, -0.25) is 0 Å². The van der Waals surface area contributed by atoms with Crippen LogP contribution in [0.15, 0.2) is 0 Å². The van der Waals surface area contributed by atoms with Gasteiger partial charge in [-0.25, -0.2) is 14.4 Å². The van der Waals surface area contributed by atoms with Crippen molar-refractivity contribution < 1.29 is 29.0 Å². The molecule has 0 aromatic heterocycles. The number of carboxylic acid groups (broad SMARTS) is 1. The minimum Gasteiger partial charge on any atom is -0.480 e. The lowest BCUT2D eigenvalue weighted by Crippen LogP contribution is -2.46. The second-order valence-corrected chi connectivity index (χ2v) is 8.68. The second-order valence-electron chi connectivity index (χ2n) is 8.68. The largest absolute Gasteiger partial charge is 0.480 e. The first-order chi connectivity index (χ1) is 11.8. The molecule has 0 saturated carbocycles. The van der Waals surface area contributed by atoms with E-state index in [4.69, 9.17) is 9.47 Å². The Morgan fingerprint density at radius 1 is 1.04 bits per heavy atom. The van der Waals surface area contributed by atoms with Crippen molar-refractivity contribution in [1.82, 2.24) is 10.2 Å². The van der Waals surface area contributed by atoms with Crippen molar-refractivity contribution in [2.45, 2.75) is 78.0 Å². The molecule has 2 N–H and O–H groups in total. The maximum atomic E-state index is 12.1. The maximum Gasteiger partial charge on any atom is 0.410 e. The number of hydrogen-bond donors (Lipinski definition) is 2. The van der Waals surface area contributed by atoms with Crippen molar-refractivity contribution in [2.24, 2.45) is 5.92 Å². The maximum absolute atomic E-state index is 12.1. The monoisotopic (exact) mass is 372 g/mol. The highest BCUT2D eigenvalue weighted by molar-refractivity contribution is 5.80.